The maximum Gasteiger partial charge on any atom is 0.255 e. The Balaban J connectivity index is 1.96. The standard InChI is InChI=1S/C9H6ClN7S/c10-6-14-7(17-5-1-2-13-17)16-9(15-6)18-8-11-3-4-12-8/h1-5H,(H,11,12). The summed E-state index contributed by atoms with van der Waals surface area (Å²) in [5.41, 5.74) is 0. The van der Waals surface area contributed by atoms with Gasteiger partial charge >= 0.3 is 0 Å². The maximum absolute atomic E-state index is 5.86. The first-order chi connectivity index (χ1) is 8.81. The number of imidazole rings is 1. The van der Waals surface area contributed by atoms with E-state index in [1.807, 2.05) is 0 Å². The zero-order valence-corrected chi connectivity index (χ0v) is 10.4. The molecule has 7 nitrogen and oxygen atoms in total. The van der Waals surface area contributed by atoms with Gasteiger partial charge in [-0.3, -0.25) is 0 Å². The fourth-order valence-corrected chi connectivity index (χ4v) is 2.13. The molecule has 3 aromatic rings. The SMILES string of the molecule is Clc1nc(Sc2ncc[nH]2)nc(-n2cccn2)n1. The van der Waals surface area contributed by atoms with Crippen LogP contribution < -0.4 is 0 Å². The van der Waals surface area contributed by atoms with Crippen molar-refractivity contribution in [3.63, 3.8) is 0 Å². The summed E-state index contributed by atoms with van der Waals surface area (Å²) in [5, 5.41) is 5.29. The Bertz CT molecular complexity index is 637. The molecule has 9 heteroatoms. The molecule has 0 aliphatic heterocycles. The number of rotatable bonds is 3. The molecule has 0 aromatic carbocycles. The van der Waals surface area contributed by atoms with Gasteiger partial charge in [0.15, 0.2) is 5.16 Å². The number of aromatic amines is 1. The summed E-state index contributed by atoms with van der Waals surface area (Å²) in [7, 11) is 0. The molecule has 3 aromatic heterocycles. The molecule has 0 radical (unpaired) electrons. The lowest BCUT2D eigenvalue weighted by atomic mass is 10.7. The van der Waals surface area contributed by atoms with Crippen LogP contribution in [-0.4, -0.2) is 34.7 Å². The van der Waals surface area contributed by atoms with E-state index in [9.17, 15) is 0 Å². The molecule has 0 aliphatic carbocycles. The van der Waals surface area contributed by atoms with Crippen LogP contribution in [0.1, 0.15) is 0 Å². The van der Waals surface area contributed by atoms with Gasteiger partial charge in [0.1, 0.15) is 0 Å². The minimum Gasteiger partial charge on any atom is -0.339 e. The van der Waals surface area contributed by atoms with Gasteiger partial charge in [-0.15, -0.1) is 0 Å². The van der Waals surface area contributed by atoms with Crippen LogP contribution in [0.2, 0.25) is 5.28 Å². The van der Waals surface area contributed by atoms with Crippen molar-refractivity contribution in [2.24, 2.45) is 0 Å². The molecule has 0 saturated heterocycles. The summed E-state index contributed by atoms with van der Waals surface area (Å²) in [5.74, 6) is 0.369. The average Bonchev–Trinajstić information content (AvgIpc) is 3.00. The summed E-state index contributed by atoms with van der Waals surface area (Å²) < 4.78 is 1.51. The Morgan fingerprint density at radius 3 is 2.89 bits per heavy atom. The highest BCUT2D eigenvalue weighted by Gasteiger charge is 2.09. The highest BCUT2D eigenvalue weighted by molar-refractivity contribution is 7.99. The number of hydrogen-bond acceptors (Lipinski definition) is 6. The Kier molecular flexibility index (Phi) is 2.95. The predicted octanol–water partition coefficient (Wildman–Crippen LogP) is 1.58. The largest absolute Gasteiger partial charge is 0.339 e. The van der Waals surface area contributed by atoms with E-state index in [0.717, 1.165) is 0 Å². The zero-order chi connectivity index (χ0) is 12.4. The molecule has 3 rings (SSSR count). The minimum absolute atomic E-state index is 0.115. The summed E-state index contributed by atoms with van der Waals surface area (Å²) in [6, 6.07) is 1.77. The fourth-order valence-electron chi connectivity index (χ4n) is 1.25. The fraction of sp³-hybridized carbons (Fsp3) is 0. The summed E-state index contributed by atoms with van der Waals surface area (Å²) in [6.07, 6.45) is 6.74. The quantitative estimate of drug-likeness (QED) is 0.783. The first kappa shape index (κ1) is 11.2. The van der Waals surface area contributed by atoms with Gasteiger partial charge in [-0.2, -0.15) is 20.1 Å². The van der Waals surface area contributed by atoms with Crippen molar-refractivity contribution in [2.75, 3.05) is 0 Å². The van der Waals surface area contributed by atoms with E-state index < -0.39 is 0 Å². The van der Waals surface area contributed by atoms with Crippen molar-refractivity contribution in [1.29, 1.82) is 0 Å². The molecule has 0 bridgehead atoms. The van der Waals surface area contributed by atoms with Crippen LogP contribution in [0, 0.1) is 0 Å². The first-order valence-electron chi connectivity index (χ1n) is 4.90. The second-order valence-electron chi connectivity index (χ2n) is 3.13. The number of nitrogens with one attached hydrogen (secondary N) is 1. The number of aromatic nitrogens is 7. The van der Waals surface area contributed by atoms with Gasteiger partial charge < -0.3 is 4.98 Å². The molecule has 18 heavy (non-hydrogen) atoms. The van der Waals surface area contributed by atoms with Crippen molar-refractivity contribution < 1.29 is 0 Å². The third kappa shape index (κ3) is 2.34. The molecule has 0 fully saturated rings. The van der Waals surface area contributed by atoms with Gasteiger partial charge in [0.25, 0.3) is 5.95 Å². The Morgan fingerprint density at radius 2 is 2.17 bits per heavy atom. The molecular formula is C9H6ClN7S. The molecule has 90 valence electrons. The van der Waals surface area contributed by atoms with Crippen LogP contribution >= 0.6 is 23.4 Å². The smallest absolute Gasteiger partial charge is 0.255 e. The topological polar surface area (TPSA) is 85.2 Å². The Labute approximate surface area is 111 Å². The molecule has 0 unspecified atom stereocenters. The second-order valence-corrected chi connectivity index (χ2v) is 4.43. The average molecular weight is 280 g/mol. The first-order valence-corrected chi connectivity index (χ1v) is 6.09. The Hall–Kier alpha value is -1.93. The molecule has 0 saturated carbocycles. The van der Waals surface area contributed by atoms with Crippen molar-refractivity contribution in [3.05, 3.63) is 36.1 Å². The third-order valence-electron chi connectivity index (χ3n) is 1.95. The van der Waals surface area contributed by atoms with E-state index >= 15 is 0 Å². The van der Waals surface area contributed by atoms with Crippen molar-refractivity contribution in [3.8, 4) is 5.95 Å². The van der Waals surface area contributed by atoms with Crippen molar-refractivity contribution in [1.82, 2.24) is 34.7 Å². The molecule has 1 N–H and O–H groups in total. The molecule has 0 amide bonds. The van der Waals surface area contributed by atoms with Gasteiger partial charge in [-0.25, -0.2) is 9.67 Å². The molecule has 0 aliphatic rings. The van der Waals surface area contributed by atoms with Crippen molar-refractivity contribution >= 4 is 23.4 Å². The summed E-state index contributed by atoms with van der Waals surface area (Å²) >= 11 is 7.13. The van der Waals surface area contributed by atoms with E-state index in [2.05, 4.69) is 30.0 Å². The van der Waals surface area contributed by atoms with Gasteiger partial charge in [-0.05, 0) is 29.4 Å². The van der Waals surface area contributed by atoms with Gasteiger partial charge in [0.05, 0.1) is 0 Å². The molecule has 0 atom stereocenters. The zero-order valence-electron chi connectivity index (χ0n) is 8.86. The van der Waals surface area contributed by atoms with Crippen LogP contribution in [0.15, 0.2) is 41.2 Å². The number of nitrogens with zero attached hydrogens (tertiary/aromatic N) is 6. The van der Waals surface area contributed by atoms with E-state index in [-0.39, 0.29) is 5.28 Å². The third-order valence-corrected chi connectivity index (χ3v) is 2.90. The van der Waals surface area contributed by atoms with Crippen LogP contribution in [0.4, 0.5) is 0 Å². The van der Waals surface area contributed by atoms with Crippen molar-refractivity contribution in [2.45, 2.75) is 10.3 Å². The number of hydrogen-bond donors (Lipinski definition) is 1. The van der Waals surface area contributed by atoms with E-state index in [0.29, 0.717) is 16.3 Å². The van der Waals surface area contributed by atoms with E-state index in [1.165, 1.54) is 16.4 Å². The summed E-state index contributed by atoms with van der Waals surface area (Å²) in [6.45, 7) is 0. The normalized spacial score (nSPS) is 10.7. The Morgan fingerprint density at radius 1 is 1.22 bits per heavy atom. The second kappa shape index (κ2) is 4.75. The highest BCUT2D eigenvalue weighted by Crippen LogP contribution is 2.21. The monoisotopic (exact) mass is 279 g/mol. The van der Waals surface area contributed by atoms with Gasteiger partial charge in [-0.1, -0.05) is 0 Å². The van der Waals surface area contributed by atoms with Crippen LogP contribution in [0.5, 0.6) is 0 Å². The molecular weight excluding hydrogens is 274 g/mol. The van der Waals surface area contributed by atoms with E-state index in [4.69, 9.17) is 11.6 Å². The van der Waals surface area contributed by atoms with E-state index in [1.54, 1.807) is 30.9 Å². The van der Waals surface area contributed by atoms with Gasteiger partial charge in [0.2, 0.25) is 10.4 Å². The van der Waals surface area contributed by atoms with Crippen LogP contribution in [0.3, 0.4) is 0 Å². The maximum atomic E-state index is 5.86. The van der Waals surface area contributed by atoms with Crippen LogP contribution in [0.25, 0.3) is 5.95 Å². The number of halogens is 1. The lowest BCUT2D eigenvalue weighted by Crippen LogP contribution is -2.04. The summed E-state index contributed by atoms with van der Waals surface area (Å²) in [4.78, 5) is 19.3. The molecule has 0 spiro atoms. The lowest BCUT2D eigenvalue weighted by Gasteiger charge is -2.02. The van der Waals surface area contributed by atoms with Crippen LogP contribution in [-0.2, 0) is 0 Å². The highest BCUT2D eigenvalue weighted by atomic mass is 35.5. The predicted molar refractivity (Wildman–Crippen MR) is 64.7 cm³/mol. The number of H-pyrrole nitrogens is 1. The van der Waals surface area contributed by atoms with Gasteiger partial charge in [0, 0.05) is 24.8 Å². The molecule has 3 heterocycles. The lowest BCUT2D eigenvalue weighted by molar-refractivity contribution is 0.758. The minimum atomic E-state index is 0.115.